The molecule has 76 valence electrons. The van der Waals surface area contributed by atoms with Gasteiger partial charge < -0.3 is 10.3 Å². The van der Waals surface area contributed by atoms with Gasteiger partial charge in [-0.2, -0.15) is 0 Å². The zero-order valence-electron chi connectivity index (χ0n) is 7.58. The van der Waals surface area contributed by atoms with Gasteiger partial charge in [-0.25, -0.2) is 0 Å². The number of nitrogens with zero attached hydrogens (tertiary/aromatic N) is 2. The van der Waals surface area contributed by atoms with Crippen molar-refractivity contribution in [3.8, 4) is 11.1 Å². The molecule has 1 aromatic heterocycles. The minimum absolute atomic E-state index is 0.0359. The molecular weight excluding hydrogens is 198 g/mol. The first-order valence-corrected chi connectivity index (χ1v) is 4.13. The molecule has 2 N–H and O–H groups in total. The Bertz CT molecular complexity index is 490. The molecule has 0 bridgehead atoms. The SMILES string of the molecule is Nc1oncc1-c1ccc([N+](=O)[O-])cc1. The van der Waals surface area contributed by atoms with Gasteiger partial charge in [-0.1, -0.05) is 5.16 Å². The molecule has 6 nitrogen and oxygen atoms in total. The Morgan fingerprint density at radius 3 is 2.47 bits per heavy atom. The summed E-state index contributed by atoms with van der Waals surface area (Å²) < 4.78 is 4.69. The van der Waals surface area contributed by atoms with Crippen molar-refractivity contribution in [2.45, 2.75) is 0 Å². The molecule has 0 aliphatic heterocycles. The van der Waals surface area contributed by atoms with E-state index in [0.717, 1.165) is 5.56 Å². The van der Waals surface area contributed by atoms with Crippen molar-refractivity contribution in [2.75, 3.05) is 5.73 Å². The Hall–Kier alpha value is -2.37. The van der Waals surface area contributed by atoms with Gasteiger partial charge in [0.05, 0.1) is 16.7 Å². The Balaban J connectivity index is 2.40. The standard InChI is InChI=1S/C9H7N3O3/c10-9-8(5-11-15-9)6-1-3-7(4-2-6)12(13)14/h1-5H,10H2. The van der Waals surface area contributed by atoms with Gasteiger partial charge in [-0.15, -0.1) is 0 Å². The van der Waals surface area contributed by atoms with Crippen LogP contribution in [0.25, 0.3) is 11.1 Å². The Morgan fingerprint density at radius 2 is 2.00 bits per heavy atom. The number of nitrogens with two attached hydrogens (primary N) is 1. The minimum atomic E-state index is -0.458. The molecular formula is C9H7N3O3. The van der Waals surface area contributed by atoms with Crippen LogP contribution in [0.4, 0.5) is 11.6 Å². The van der Waals surface area contributed by atoms with Crippen molar-refractivity contribution < 1.29 is 9.45 Å². The summed E-state index contributed by atoms with van der Waals surface area (Å²) in [5.41, 5.74) is 6.91. The van der Waals surface area contributed by atoms with Crippen molar-refractivity contribution in [3.63, 3.8) is 0 Å². The number of hydrogen-bond donors (Lipinski definition) is 1. The van der Waals surface area contributed by atoms with Gasteiger partial charge in [0.15, 0.2) is 0 Å². The van der Waals surface area contributed by atoms with Crippen LogP contribution >= 0.6 is 0 Å². The third-order valence-electron chi connectivity index (χ3n) is 1.99. The molecule has 0 atom stereocenters. The van der Waals surface area contributed by atoms with Crippen LogP contribution < -0.4 is 5.73 Å². The summed E-state index contributed by atoms with van der Waals surface area (Å²) in [4.78, 5) is 9.96. The number of rotatable bonds is 2. The molecule has 6 heteroatoms. The highest BCUT2D eigenvalue weighted by Crippen LogP contribution is 2.26. The molecule has 1 aromatic carbocycles. The molecule has 0 fully saturated rings. The van der Waals surface area contributed by atoms with Gasteiger partial charge in [0.2, 0.25) is 5.88 Å². The molecule has 2 rings (SSSR count). The fourth-order valence-corrected chi connectivity index (χ4v) is 1.23. The normalized spacial score (nSPS) is 10.1. The summed E-state index contributed by atoms with van der Waals surface area (Å²) in [6.07, 6.45) is 1.47. The van der Waals surface area contributed by atoms with E-state index in [4.69, 9.17) is 10.3 Å². The first-order chi connectivity index (χ1) is 7.18. The van der Waals surface area contributed by atoms with Crippen LogP contribution in [0.1, 0.15) is 0 Å². The number of nitro benzene ring substituents is 1. The number of benzene rings is 1. The highest BCUT2D eigenvalue weighted by atomic mass is 16.6. The Labute approximate surface area is 84.4 Å². The van der Waals surface area contributed by atoms with Crippen LogP contribution in [0.15, 0.2) is 35.0 Å². The van der Waals surface area contributed by atoms with Crippen molar-refractivity contribution in [1.29, 1.82) is 0 Å². The third-order valence-corrected chi connectivity index (χ3v) is 1.99. The highest BCUT2D eigenvalue weighted by molar-refractivity contribution is 5.72. The molecule has 0 aliphatic rings. The third kappa shape index (κ3) is 1.64. The van der Waals surface area contributed by atoms with Crippen LogP contribution in [0.5, 0.6) is 0 Å². The minimum Gasteiger partial charge on any atom is -0.367 e. The molecule has 0 spiro atoms. The second-order valence-electron chi connectivity index (χ2n) is 2.91. The zero-order chi connectivity index (χ0) is 10.8. The number of aromatic nitrogens is 1. The largest absolute Gasteiger partial charge is 0.367 e. The number of nitrogen functional groups attached to an aromatic ring is 1. The lowest BCUT2D eigenvalue weighted by atomic mass is 10.1. The second kappa shape index (κ2) is 3.41. The van der Waals surface area contributed by atoms with Crippen LogP contribution in [0, 0.1) is 10.1 Å². The molecule has 1 heterocycles. The van der Waals surface area contributed by atoms with Crippen molar-refractivity contribution in [3.05, 3.63) is 40.6 Å². The van der Waals surface area contributed by atoms with Crippen molar-refractivity contribution in [2.24, 2.45) is 0 Å². The van der Waals surface area contributed by atoms with E-state index in [1.807, 2.05) is 0 Å². The maximum Gasteiger partial charge on any atom is 0.269 e. The first-order valence-electron chi connectivity index (χ1n) is 4.13. The fraction of sp³-hybridized carbons (Fsp3) is 0. The average molecular weight is 205 g/mol. The highest BCUT2D eigenvalue weighted by Gasteiger charge is 2.09. The molecule has 0 unspecified atom stereocenters. The van der Waals surface area contributed by atoms with Gasteiger partial charge in [0, 0.05) is 12.1 Å². The number of anilines is 1. The van der Waals surface area contributed by atoms with E-state index >= 15 is 0 Å². The maximum absolute atomic E-state index is 10.4. The average Bonchev–Trinajstić information content (AvgIpc) is 2.65. The van der Waals surface area contributed by atoms with E-state index in [-0.39, 0.29) is 11.6 Å². The van der Waals surface area contributed by atoms with E-state index in [2.05, 4.69) is 5.16 Å². The molecule has 2 aromatic rings. The lowest BCUT2D eigenvalue weighted by Gasteiger charge is -1.96. The van der Waals surface area contributed by atoms with Gasteiger partial charge in [-0.3, -0.25) is 10.1 Å². The lowest BCUT2D eigenvalue weighted by molar-refractivity contribution is -0.384. The van der Waals surface area contributed by atoms with Crippen LogP contribution in [0.3, 0.4) is 0 Å². The smallest absolute Gasteiger partial charge is 0.269 e. The molecule has 0 radical (unpaired) electrons. The zero-order valence-corrected chi connectivity index (χ0v) is 7.58. The molecule has 0 amide bonds. The Morgan fingerprint density at radius 1 is 1.33 bits per heavy atom. The first kappa shape index (κ1) is 9.20. The predicted octanol–water partition coefficient (Wildman–Crippen LogP) is 1.83. The quantitative estimate of drug-likeness (QED) is 0.596. The molecule has 0 aliphatic carbocycles. The summed E-state index contributed by atoms with van der Waals surface area (Å²) in [5.74, 6) is 0.198. The topological polar surface area (TPSA) is 95.2 Å². The molecule has 0 saturated heterocycles. The summed E-state index contributed by atoms with van der Waals surface area (Å²) in [6, 6.07) is 6.01. The van der Waals surface area contributed by atoms with E-state index in [0.29, 0.717) is 5.56 Å². The van der Waals surface area contributed by atoms with Crippen LogP contribution in [-0.4, -0.2) is 10.1 Å². The van der Waals surface area contributed by atoms with Crippen LogP contribution in [0.2, 0.25) is 0 Å². The van der Waals surface area contributed by atoms with E-state index in [9.17, 15) is 10.1 Å². The van der Waals surface area contributed by atoms with E-state index in [1.54, 1.807) is 12.1 Å². The summed E-state index contributed by atoms with van der Waals surface area (Å²) in [7, 11) is 0. The molecule has 0 saturated carbocycles. The van der Waals surface area contributed by atoms with Crippen LogP contribution in [-0.2, 0) is 0 Å². The predicted molar refractivity (Wildman–Crippen MR) is 53.0 cm³/mol. The van der Waals surface area contributed by atoms with Crippen molar-refractivity contribution >= 4 is 11.6 Å². The molecule has 15 heavy (non-hydrogen) atoms. The maximum atomic E-state index is 10.4. The number of non-ortho nitro benzene ring substituents is 1. The lowest BCUT2D eigenvalue weighted by Crippen LogP contribution is -1.88. The van der Waals surface area contributed by atoms with Gasteiger partial charge in [0.1, 0.15) is 0 Å². The summed E-state index contributed by atoms with van der Waals surface area (Å²) >= 11 is 0. The van der Waals surface area contributed by atoms with Gasteiger partial charge in [0.25, 0.3) is 5.69 Å². The second-order valence-corrected chi connectivity index (χ2v) is 2.91. The number of hydrogen-bond acceptors (Lipinski definition) is 5. The van der Waals surface area contributed by atoms with E-state index < -0.39 is 4.92 Å². The Kier molecular flexibility index (Phi) is 2.09. The van der Waals surface area contributed by atoms with Crippen molar-refractivity contribution in [1.82, 2.24) is 5.16 Å². The summed E-state index contributed by atoms with van der Waals surface area (Å²) in [5, 5.41) is 13.9. The summed E-state index contributed by atoms with van der Waals surface area (Å²) in [6.45, 7) is 0. The van der Waals surface area contributed by atoms with Gasteiger partial charge >= 0.3 is 0 Å². The fourth-order valence-electron chi connectivity index (χ4n) is 1.23. The number of nitro groups is 1. The van der Waals surface area contributed by atoms with E-state index in [1.165, 1.54) is 18.3 Å². The van der Waals surface area contributed by atoms with Gasteiger partial charge in [-0.05, 0) is 17.7 Å². The monoisotopic (exact) mass is 205 g/mol.